The molecule has 4 aromatic carbocycles. The molecule has 1 N–H and O–H groups in total. The molecule has 3 heterocycles. The molecule has 3 aliphatic rings. The van der Waals surface area contributed by atoms with Crippen LogP contribution in [0.1, 0.15) is 49.0 Å². The lowest BCUT2D eigenvalue weighted by atomic mass is 9.62. The summed E-state index contributed by atoms with van der Waals surface area (Å²) in [5.74, 6) is -1.06. The molecule has 0 radical (unpaired) electrons. The van der Waals surface area contributed by atoms with Crippen LogP contribution in [0.15, 0.2) is 97.2 Å². The van der Waals surface area contributed by atoms with E-state index in [0.717, 1.165) is 16.7 Å². The quantitative estimate of drug-likeness (QED) is 0.287. The van der Waals surface area contributed by atoms with E-state index in [0.29, 0.717) is 33.9 Å². The normalized spacial score (nSPS) is 22.9. The zero-order valence-electron chi connectivity index (χ0n) is 24.0. The summed E-state index contributed by atoms with van der Waals surface area (Å²) in [5, 5.41) is 3.08. The lowest BCUT2D eigenvalue weighted by Crippen LogP contribution is -2.49. The van der Waals surface area contributed by atoms with Gasteiger partial charge in [0.05, 0.1) is 31.7 Å². The van der Waals surface area contributed by atoms with E-state index in [9.17, 15) is 14.4 Å². The van der Waals surface area contributed by atoms with Gasteiger partial charge in [-0.25, -0.2) is 0 Å². The molecular weight excluding hydrogens is 540 g/mol. The molecule has 4 atom stereocenters. The Hall–Kier alpha value is -5.17. The average Bonchev–Trinajstić information content (AvgIpc) is 3.52. The van der Waals surface area contributed by atoms with Gasteiger partial charge in [-0.05, 0) is 47.9 Å². The molecule has 0 aromatic heterocycles. The predicted molar refractivity (Wildman–Crippen MR) is 163 cm³/mol. The van der Waals surface area contributed by atoms with Crippen molar-refractivity contribution in [3.05, 3.63) is 131 Å². The van der Waals surface area contributed by atoms with Crippen LogP contribution in [0.3, 0.4) is 0 Å². The Balaban J connectivity index is 1.53. The molecule has 7 rings (SSSR count). The largest absolute Gasteiger partial charge is 0.497 e. The molecule has 0 unspecified atom stereocenters. The smallest absolute Gasteiger partial charge is 0.238 e. The molecule has 0 saturated carbocycles. The fourth-order valence-electron chi connectivity index (χ4n) is 7.23. The third-order valence-corrected chi connectivity index (χ3v) is 9.13. The minimum Gasteiger partial charge on any atom is -0.497 e. The maximum Gasteiger partial charge on any atom is 0.238 e. The number of carbonyl (C=O) groups excluding carboxylic acids is 3. The number of hydrogen-bond acceptors (Lipinski definition) is 6. The van der Waals surface area contributed by atoms with Crippen molar-refractivity contribution in [3.8, 4) is 11.5 Å². The van der Waals surface area contributed by atoms with Crippen LogP contribution in [0.4, 0.5) is 5.69 Å². The highest BCUT2D eigenvalue weighted by atomic mass is 16.5. The maximum atomic E-state index is 14.9. The summed E-state index contributed by atoms with van der Waals surface area (Å²) in [6.07, 6.45) is 3.81. The first-order chi connectivity index (χ1) is 20.9. The second-order valence-corrected chi connectivity index (χ2v) is 11.2. The molecule has 7 heteroatoms. The second-order valence-electron chi connectivity index (χ2n) is 11.2. The first-order valence-electron chi connectivity index (χ1n) is 14.2. The van der Waals surface area contributed by atoms with Gasteiger partial charge in [-0.1, -0.05) is 72.3 Å². The van der Waals surface area contributed by atoms with Crippen molar-refractivity contribution in [2.24, 2.45) is 5.92 Å². The monoisotopic (exact) mass is 570 g/mol. The van der Waals surface area contributed by atoms with Gasteiger partial charge in [-0.3, -0.25) is 14.4 Å². The number of nitrogens with zero attached hydrogens (tertiary/aromatic N) is 1. The number of ketones is 2. The number of para-hydroxylation sites is 1. The van der Waals surface area contributed by atoms with Crippen LogP contribution in [-0.4, -0.2) is 42.6 Å². The van der Waals surface area contributed by atoms with Crippen molar-refractivity contribution in [1.82, 2.24) is 4.90 Å². The van der Waals surface area contributed by atoms with E-state index < -0.39 is 23.4 Å². The molecule has 214 valence electrons. The van der Waals surface area contributed by atoms with Crippen LogP contribution in [0.5, 0.6) is 11.5 Å². The minimum atomic E-state index is -1.39. The molecule has 4 aromatic rings. The number of nitrogens with one attached hydrogen (secondary N) is 1. The lowest BCUT2D eigenvalue weighted by molar-refractivity contribution is -0.122. The van der Waals surface area contributed by atoms with Crippen LogP contribution in [0, 0.1) is 12.8 Å². The summed E-state index contributed by atoms with van der Waals surface area (Å²) in [4.78, 5) is 46.3. The molecule has 0 aliphatic carbocycles. The number of anilines is 1. The average molecular weight is 571 g/mol. The van der Waals surface area contributed by atoms with Crippen molar-refractivity contribution < 1.29 is 23.9 Å². The molecule has 3 aliphatic heterocycles. The number of benzene rings is 4. The van der Waals surface area contributed by atoms with Gasteiger partial charge in [-0.2, -0.15) is 0 Å². The van der Waals surface area contributed by atoms with Crippen LogP contribution in [0.2, 0.25) is 0 Å². The van der Waals surface area contributed by atoms with Crippen molar-refractivity contribution in [1.29, 1.82) is 0 Å². The Bertz CT molecular complexity index is 1830. The van der Waals surface area contributed by atoms with E-state index in [1.54, 1.807) is 37.4 Å². The van der Waals surface area contributed by atoms with Crippen LogP contribution < -0.4 is 14.8 Å². The predicted octanol–water partition coefficient (Wildman–Crippen LogP) is 5.99. The van der Waals surface area contributed by atoms with Crippen molar-refractivity contribution in [2.45, 2.75) is 24.4 Å². The first kappa shape index (κ1) is 26.7. The molecule has 1 amide bonds. The van der Waals surface area contributed by atoms with E-state index >= 15 is 0 Å². The molecule has 7 nitrogen and oxygen atoms in total. The number of amides is 1. The van der Waals surface area contributed by atoms with Gasteiger partial charge in [0.25, 0.3) is 0 Å². The molecule has 0 bridgehead atoms. The van der Waals surface area contributed by atoms with Gasteiger partial charge in [0.15, 0.2) is 11.6 Å². The first-order valence-corrected chi connectivity index (χ1v) is 14.2. The zero-order valence-corrected chi connectivity index (χ0v) is 24.0. The van der Waals surface area contributed by atoms with Gasteiger partial charge < -0.3 is 19.7 Å². The summed E-state index contributed by atoms with van der Waals surface area (Å²) < 4.78 is 11.0. The van der Waals surface area contributed by atoms with Gasteiger partial charge in [0.2, 0.25) is 5.91 Å². The number of ether oxygens (including phenoxy) is 2. The van der Waals surface area contributed by atoms with Crippen LogP contribution in [0.25, 0.3) is 6.08 Å². The number of fused-ring (bicyclic) bond motifs is 6. The fraction of sp³-hybridized carbons (Fsp3) is 0.194. The van der Waals surface area contributed by atoms with E-state index in [2.05, 4.69) is 5.32 Å². The Morgan fingerprint density at radius 1 is 0.860 bits per heavy atom. The highest BCUT2D eigenvalue weighted by Gasteiger charge is 2.70. The number of aryl methyl sites for hydroxylation is 1. The van der Waals surface area contributed by atoms with E-state index in [1.165, 1.54) is 7.11 Å². The summed E-state index contributed by atoms with van der Waals surface area (Å²) in [6, 6.07) is 26.1. The van der Waals surface area contributed by atoms with Crippen LogP contribution in [-0.2, 0) is 10.2 Å². The molecule has 1 fully saturated rings. The number of hydrogen-bond donors (Lipinski definition) is 1. The van der Waals surface area contributed by atoms with E-state index in [4.69, 9.17) is 9.47 Å². The highest BCUT2D eigenvalue weighted by Crippen LogP contribution is 2.62. The number of rotatable bonds is 6. The standard InChI is InChI=1S/C36H30N2O5/c1-21-12-14-23(15-13-21)32(39)30-31(33(40)26-17-16-24(42-2)20-29(26)43-3)38-19-18-22-8-4-5-9-25(22)34(38)36(30)27-10-6-7-11-28(27)37-35(36)41/h4-20,30-31,34H,1-3H3,(H,37,41)/t30-,31+,34+,36+/m1/s1. The third-order valence-electron chi connectivity index (χ3n) is 9.13. The fourth-order valence-corrected chi connectivity index (χ4v) is 7.23. The Morgan fingerprint density at radius 2 is 1.60 bits per heavy atom. The maximum absolute atomic E-state index is 14.9. The topological polar surface area (TPSA) is 84.9 Å². The van der Waals surface area contributed by atoms with E-state index in [1.807, 2.05) is 84.8 Å². The van der Waals surface area contributed by atoms with Gasteiger partial charge in [0.1, 0.15) is 23.0 Å². The summed E-state index contributed by atoms with van der Waals surface area (Å²) in [6.45, 7) is 1.95. The lowest BCUT2D eigenvalue weighted by Gasteiger charge is -2.38. The van der Waals surface area contributed by atoms with Crippen LogP contribution >= 0.6 is 0 Å². The van der Waals surface area contributed by atoms with Crippen molar-refractivity contribution in [2.75, 3.05) is 19.5 Å². The molecule has 1 saturated heterocycles. The van der Waals surface area contributed by atoms with Crippen molar-refractivity contribution in [3.63, 3.8) is 0 Å². The van der Waals surface area contributed by atoms with Gasteiger partial charge in [0, 0.05) is 23.5 Å². The second kappa shape index (κ2) is 9.98. The Labute approximate surface area is 249 Å². The minimum absolute atomic E-state index is 0.266. The third kappa shape index (κ3) is 3.77. The Kier molecular flexibility index (Phi) is 6.20. The summed E-state index contributed by atoms with van der Waals surface area (Å²) in [7, 11) is 3.04. The number of methoxy groups -OCH3 is 2. The van der Waals surface area contributed by atoms with Crippen molar-refractivity contribution >= 4 is 29.2 Å². The van der Waals surface area contributed by atoms with E-state index in [-0.39, 0.29) is 17.5 Å². The highest BCUT2D eigenvalue weighted by molar-refractivity contribution is 6.17. The van der Waals surface area contributed by atoms with Gasteiger partial charge >= 0.3 is 0 Å². The zero-order chi connectivity index (χ0) is 29.9. The molecule has 43 heavy (non-hydrogen) atoms. The summed E-state index contributed by atoms with van der Waals surface area (Å²) >= 11 is 0. The molecular formula is C36H30N2O5. The SMILES string of the molecule is COc1ccc(C(=O)[C@@H]2[C@H](C(=O)c3ccc(C)cc3)[C@]3(C(=O)Nc4ccccc43)[C@@H]3c4ccccc4C=CN23)c(OC)c1. The summed E-state index contributed by atoms with van der Waals surface area (Å²) in [5.41, 5.74) is 3.56. The Morgan fingerprint density at radius 3 is 2.37 bits per heavy atom. The number of Topliss-reactive ketones (excluding diaryl/α,β-unsaturated/α-hetero) is 2. The van der Waals surface area contributed by atoms with Gasteiger partial charge in [-0.15, -0.1) is 0 Å². The number of carbonyl (C=O) groups is 3. The molecule has 1 spiro atoms.